The van der Waals surface area contributed by atoms with Crippen LogP contribution in [0.3, 0.4) is 0 Å². The van der Waals surface area contributed by atoms with Gasteiger partial charge in [0.25, 0.3) is 0 Å². The van der Waals surface area contributed by atoms with E-state index in [-0.39, 0.29) is 38.5 Å². The number of ketones is 1. The molecule has 1 saturated heterocycles. The molecule has 4 heteroatoms. The summed E-state index contributed by atoms with van der Waals surface area (Å²) in [6.45, 7) is 5.70. The van der Waals surface area contributed by atoms with E-state index < -0.39 is 0 Å². The molecule has 0 atom stereocenters. The number of benzene rings is 2. The zero-order chi connectivity index (χ0) is 19.1. The van der Waals surface area contributed by atoms with Gasteiger partial charge >= 0.3 is 0 Å². The molecule has 0 aliphatic carbocycles. The van der Waals surface area contributed by atoms with Crippen molar-refractivity contribution < 1.29 is 42.0 Å². The Hall–Kier alpha value is -1.34. The van der Waals surface area contributed by atoms with E-state index in [4.69, 9.17) is 5.26 Å². The van der Waals surface area contributed by atoms with E-state index in [0.717, 1.165) is 35.2 Å². The molecule has 1 fully saturated rings. The van der Waals surface area contributed by atoms with E-state index in [1.165, 1.54) is 31.2 Å². The molecule has 0 bridgehead atoms. The van der Waals surface area contributed by atoms with Gasteiger partial charge in [0.15, 0.2) is 5.78 Å². The van der Waals surface area contributed by atoms with Crippen molar-refractivity contribution in [2.24, 2.45) is 0 Å². The van der Waals surface area contributed by atoms with Gasteiger partial charge in [-0.1, -0.05) is 36.4 Å². The smallest absolute Gasteiger partial charge is 0.191 e. The van der Waals surface area contributed by atoms with Crippen molar-refractivity contribution in [3.05, 3.63) is 70.8 Å². The minimum Gasteiger partial charge on any atom is -0.314 e. The van der Waals surface area contributed by atoms with Gasteiger partial charge in [0.1, 0.15) is 13.1 Å². The van der Waals surface area contributed by atoms with Crippen LogP contribution in [-0.2, 0) is 50.5 Å². The zero-order valence-electron chi connectivity index (χ0n) is 16.9. The average molecular weight is 450 g/mol. The quantitative estimate of drug-likeness (QED) is 0.606. The van der Waals surface area contributed by atoms with Gasteiger partial charge in [-0.25, -0.2) is 0 Å². The van der Waals surface area contributed by atoms with Crippen LogP contribution in [-0.4, -0.2) is 29.9 Å². The van der Waals surface area contributed by atoms with Crippen LogP contribution >= 0.6 is 0 Å². The fourth-order valence-corrected chi connectivity index (χ4v) is 4.28. The third kappa shape index (κ3) is 6.34. The second-order valence-electron chi connectivity index (χ2n) is 7.97. The number of carbonyl (C=O) groups excluding carboxylic acids is 1. The summed E-state index contributed by atoms with van der Waals surface area (Å²) in [6.07, 6.45) is 5.36. The van der Waals surface area contributed by atoms with Gasteiger partial charge in [0.2, 0.25) is 0 Å². The number of nitriles is 1. The number of quaternary nitrogens is 1. The summed E-state index contributed by atoms with van der Waals surface area (Å²) in [5, 5.41) is 9.15. The molecule has 0 unspecified atom stereocenters. The first-order chi connectivity index (χ1) is 13.1. The molecule has 3 rings (SSSR count). The standard InChI is InChI=1S/C24H29N2O.Y/c1-20-11-12-22(17-25)15-23(20)16-24(27)19-26(13-7-2-3-8-14-26)18-21-9-5-4-6-10-21;/h4-6,9-12,15H,2-3,7-8,13-14,16,18-19H2,1H3;/q+1;. The molecule has 0 N–H and O–H groups in total. The predicted molar refractivity (Wildman–Crippen MR) is 108 cm³/mol. The van der Waals surface area contributed by atoms with Crippen molar-refractivity contribution in [3.8, 4) is 6.07 Å². The predicted octanol–water partition coefficient (Wildman–Crippen LogP) is 4.57. The van der Waals surface area contributed by atoms with Crippen LogP contribution in [0.4, 0.5) is 0 Å². The van der Waals surface area contributed by atoms with E-state index >= 15 is 0 Å². The van der Waals surface area contributed by atoms with Crippen LogP contribution in [0.15, 0.2) is 48.5 Å². The molecule has 1 heterocycles. The monoisotopic (exact) mass is 450 g/mol. The van der Waals surface area contributed by atoms with Crippen LogP contribution in [0.2, 0.25) is 0 Å². The maximum Gasteiger partial charge on any atom is 0.191 e. The molecule has 0 spiro atoms. The number of likely N-dealkylation sites (tertiary alicyclic amines) is 1. The summed E-state index contributed by atoms with van der Waals surface area (Å²) in [5.41, 5.74) is 4.03. The SMILES string of the molecule is Cc1ccc(C#N)cc1CC(=O)C[N+]1(Cc2ccccc2)CCCCCC1.[Y]. The van der Waals surface area contributed by atoms with Crippen molar-refractivity contribution in [2.75, 3.05) is 19.6 Å². The Morgan fingerprint density at radius 2 is 1.71 bits per heavy atom. The van der Waals surface area contributed by atoms with Crippen molar-refractivity contribution in [2.45, 2.75) is 45.6 Å². The van der Waals surface area contributed by atoms with Gasteiger partial charge in [-0.2, -0.15) is 5.26 Å². The van der Waals surface area contributed by atoms with Gasteiger partial charge in [0, 0.05) is 44.7 Å². The topological polar surface area (TPSA) is 40.9 Å². The number of Topliss-reactive ketones (excluding diaryl/α,β-unsaturated/α-hetero) is 1. The third-order valence-corrected chi connectivity index (χ3v) is 5.75. The molecule has 3 nitrogen and oxygen atoms in total. The van der Waals surface area contributed by atoms with Crippen LogP contribution < -0.4 is 0 Å². The fraction of sp³-hybridized carbons (Fsp3) is 0.417. The van der Waals surface area contributed by atoms with Crippen molar-refractivity contribution >= 4 is 5.78 Å². The van der Waals surface area contributed by atoms with E-state index in [9.17, 15) is 4.79 Å². The Morgan fingerprint density at radius 3 is 2.36 bits per heavy atom. The van der Waals surface area contributed by atoms with Crippen LogP contribution in [0.1, 0.15) is 47.9 Å². The van der Waals surface area contributed by atoms with Crippen LogP contribution in [0, 0.1) is 18.3 Å². The van der Waals surface area contributed by atoms with Gasteiger partial charge in [-0.3, -0.25) is 4.79 Å². The molecule has 1 aliphatic heterocycles. The number of carbonyl (C=O) groups is 1. The third-order valence-electron chi connectivity index (χ3n) is 5.75. The molecule has 0 amide bonds. The second-order valence-corrected chi connectivity index (χ2v) is 7.97. The Kier molecular flexibility index (Phi) is 9.02. The molecule has 2 aromatic rings. The molecule has 1 aliphatic rings. The average Bonchev–Trinajstić information content (AvgIpc) is 2.89. The van der Waals surface area contributed by atoms with Gasteiger partial charge < -0.3 is 4.48 Å². The minimum atomic E-state index is 0. The molecular formula is C24H29N2OY+. The maximum atomic E-state index is 13.0. The molecule has 143 valence electrons. The van der Waals surface area contributed by atoms with Crippen LogP contribution in [0.5, 0.6) is 0 Å². The number of nitrogens with zero attached hydrogens (tertiary/aromatic N) is 2. The van der Waals surface area contributed by atoms with E-state index in [0.29, 0.717) is 18.5 Å². The fourth-order valence-electron chi connectivity index (χ4n) is 4.28. The summed E-state index contributed by atoms with van der Waals surface area (Å²) in [4.78, 5) is 13.0. The summed E-state index contributed by atoms with van der Waals surface area (Å²) in [5.74, 6) is 0.283. The molecule has 2 aromatic carbocycles. The molecule has 0 saturated carbocycles. The Balaban J connectivity index is 0.00000280. The normalized spacial score (nSPS) is 15.7. The molecule has 0 aromatic heterocycles. The number of hydrogen-bond acceptors (Lipinski definition) is 2. The van der Waals surface area contributed by atoms with E-state index in [1.807, 2.05) is 31.2 Å². The Bertz CT molecular complexity index is 818. The summed E-state index contributed by atoms with van der Waals surface area (Å²) in [6, 6.07) is 18.4. The van der Waals surface area contributed by atoms with Crippen molar-refractivity contribution in [1.82, 2.24) is 0 Å². The summed E-state index contributed by atoms with van der Waals surface area (Å²) in [7, 11) is 0. The second kappa shape index (κ2) is 11.0. The Labute approximate surface area is 194 Å². The first-order valence-corrected chi connectivity index (χ1v) is 10.0. The molecular weight excluding hydrogens is 421 g/mol. The van der Waals surface area contributed by atoms with E-state index in [2.05, 4.69) is 30.3 Å². The van der Waals surface area contributed by atoms with E-state index in [1.54, 1.807) is 0 Å². The van der Waals surface area contributed by atoms with Crippen molar-refractivity contribution in [3.63, 3.8) is 0 Å². The first kappa shape index (κ1) is 22.9. The number of hydrogen-bond donors (Lipinski definition) is 0. The minimum absolute atomic E-state index is 0. The van der Waals surface area contributed by atoms with Gasteiger partial charge in [-0.05, 0) is 55.9 Å². The number of rotatable bonds is 6. The van der Waals surface area contributed by atoms with Crippen LogP contribution in [0.25, 0.3) is 0 Å². The molecule has 28 heavy (non-hydrogen) atoms. The molecule has 1 radical (unpaired) electrons. The van der Waals surface area contributed by atoms with Gasteiger partial charge in [-0.15, -0.1) is 0 Å². The number of aryl methyl sites for hydroxylation is 1. The Morgan fingerprint density at radius 1 is 1.04 bits per heavy atom. The van der Waals surface area contributed by atoms with Crippen molar-refractivity contribution in [1.29, 1.82) is 5.26 Å². The zero-order valence-corrected chi connectivity index (χ0v) is 19.7. The summed E-state index contributed by atoms with van der Waals surface area (Å²) < 4.78 is 0.875. The largest absolute Gasteiger partial charge is 0.314 e. The summed E-state index contributed by atoms with van der Waals surface area (Å²) >= 11 is 0. The van der Waals surface area contributed by atoms with Gasteiger partial charge in [0.05, 0.1) is 24.7 Å². The first-order valence-electron chi connectivity index (χ1n) is 10.0. The maximum absolute atomic E-state index is 13.0.